The molecule has 6 nitrogen and oxygen atoms in total. The van der Waals surface area contributed by atoms with Gasteiger partial charge in [0, 0.05) is 25.4 Å². The Bertz CT molecular complexity index is 548. The first-order valence-corrected chi connectivity index (χ1v) is 8.93. The summed E-state index contributed by atoms with van der Waals surface area (Å²) in [7, 11) is 0. The molecule has 0 aliphatic carbocycles. The highest BCUT2D eigenvalue weighted by Crippen LogP contribution is 2.31. The molecule has 7 heteroatoms. The van der Waals surface area contributed by atoms with E-state index in [9.17, 15) is 4.79 Å². The number of hydrogen-bond donors (Lipinski definition) is 2. The van der Waals surface area contributed by atoms with Crippen molar-refractivity contribution in [1.29, 1.82) is 0 Å². The average molecular weight is 387 g/mol. The molecule has 1 aromatic carbocycles. The normalized spacial score (nSPS) is 16.2. The van der Waals surface area contributed by atoms with Gasteiger partial charge in [-0.2, -0.15) is 0 Å². The molecule has 1 aliphatic heterocycles. The quantitative estimate of drug-likeness (QED) is 0.637. The minimum Gasteiger partial charge on any atom is -0.381 e. The molecule has 148 valence electrons. The van der Waals surface area contributed by atoms with Crippen LogP contribution >= 0.6 is 12.4 Å². The van der Waals surface area contributed by atoms with Crippen molar-refractivity contribution in [3.63, 3.8) is 0 Å². The molecule has 1 aliphatic rings. The summed E-state index contributed by atoms with van der Waals surface area (Å²) < 4.78 is 16.4. The molecule has 1 amide bonds. The molecule has 0 bridgehead atoms. The topological polar surface area (TPSA) is 82.8 Å². The van der Waals surface area contributed by atoms with E-state index < -0.39 is 5.41 Å². The van der Waals surface area contributed by atoms with Crippen LogP contribution in [-0.4, -0.2) is 45.0 Å². The Morgan fingerprint density at radius 2 is 2.04 bits per heavy atom. The Morgan fingerprint density at radius 1 is 1.31 bits per heavy atom. The zero-order valence-electron chi connectivity index (χ0n) is 15.7. The van der Waals surface area contributed by atoms with E-state index in [0.29, 0.717) is 52.4 Å². The fourth-order valence-electron chi connectivity index (χ4n) is 2.82. The second-order valence-electron chi connectivity index (χ2n) is 6.72. The fraction of sp³-hybridized carbons (Fsp3) is 0.632. The van der Waals surface area contributed by atoms with Gasteiger partial charge in [0.05, 0.1) is 31.3 Å². The number of nitrogens with two attached hydrogens (primary N) is 1. The summed E-state index contributed by atoms with van der Waals surface area (Å²) in [6.07, 6.45) is 1.53. The summed E-state index contributed by atoms with van der Waals surface area (Å²) in [5, 5.41) is 3.01. The maximum Gasteiger partial charge on any atom is 0.232 e. The molecule has 1 saturated heterocycles. The number of anilines is 1. The number of halogens is 1. The Kier molecular flexibility index (Phi) is 10.1. The minimum atomic E-state index is -0.529. The van der Waals surface area contributed by atoms with E-state index in [2.05, 4.69) is 5.32 Å². The number of nitrogens with one attached hydrogen (secondary N) is 1. The second kappa shape index (κ2) is 11.5. The van der Waals surface area contributed by atoms with Crippen LogP contribution in [0.4, 0.5) is 5.69 Å². The lowest BCUT2D eigenvalue weighted by Crippen LogP contribution is -2.46. The number of carbonyl (C=O) groups excluding carboxylic acids is 1. The first-order chi connectivity index (χ1) is 12.1. The Labute approximate surface area is 162 Å². The van der Waals surface area contributed by atoms with Crippen molar-refractivity contribution in [2.75, 3.05) is 38.3 Å². The van der Waals surface area contributed by atoms with Gasteiger partial charge in [0.1, 0.15) is 0 Å². The summed E-state index contributed by atoms with van der Waals surface area (Å²) in [4.78, 5) is 12.7. The Balaban J connectivity index is 0.00000338. The number of benzene rings is 1. The van der Waals surface area contributed by atoms with Crippen LogP contribution in [0.1, 0.15) is 32.3 Å². The average Bonchev–Trinajstić information content (AvgIpc) is 2.62. The van der Waals surface area contributed by atoms with Gasteiger partial charge in [0.2, 0.25) is 5.91 Å². The molecule has 0 radical (unpaired) electrons. The molecular formula is C19H31ClN2O4. The molecule has 1 heterocycles. The monoisotopic (exact) mass is 386 g/mol. The number of rotatable bonds is 9. The summed E-state index contributed by atoms with van der Waals surface area (Å²) in [6.45, 7) is 7.10. The zero-order chi connectivity index (χ0) is 18.1. The van der Waals surface area contributed by atoms with E-state index >= 15 is 0 Å². The second-order valence-corrected chi connectivity index (χ2v) is 6.72. The summed E-state index contributed by atoms with van der Waals surface area (Å²) in [6, 6.07) is 7.71. The SMILES string of the molecule is CC(C)OCCOCc1cccc(NC(=O)C2(CN)CCOCC2)c1.Cl. The molecule has 0 unspecified atom stereocenters. The van der Waals surface area contributed by atoms with Crippen LogP contribution in [0.25, 0.3) is 0 Å². The number of ether oxygens (including phenoxy) is 3. The van der Waals surface area contributed by atoms with E-state index in [4.69, 9.17) is 19.9 Å². The van der Waals surface area contributed by atoms with Crippen molar-refractivity contribution < 1.29 is 19.0 Å². The van der Waals surface area contributed by atoms with E-state index in [1.54, 1.807) is 0 Å². The van der Waals surface area contributed by atoms with Crippen molar-refractivity contribution in [2.45, 2.75) is 39.4 Å². The predicted molar refractivity (Wildman–Crippen MR) is 105 cm³/mol. The molecule has 1 fully saturated rings. The fourth-order valence-corrected chi connectivity index (χ4v) is 2.82. The maximum atomic E-state index is 12.7. The molecule has 26 heavy (non-hydrogen) atoms. The first kappa shape index (κ1) is 22.9. The van der Waals surface area contributed by atoms with Gasteiger partial charge in [0.25, 0.3) is 0 Å². The van der Waals surface area contributed by atoms with E-state index in [-0.39, 0.29) is 24.4 Å². The van der Waals surface area contributed by atoms with E-state index in [1.807, 2.05) is 38.1 Å². The van der Waals surface area contributed by atoms with Gasteiger partial charge in [-0.1, -0.05) is 12.1 Å². The Morgan fingerprint density at radius 3 is 2.69 bits per heavy atom. The highest BCUT2D eigenvalue weighted by Gasteiger charge is 2.38. The molecule has 0 atom stereocenters. The van der Waals surface area contributed by atoms with E-state index in [0.717, 1.165) is 11.3 Å². The summed E-state index contributed by atoms with van der Waals surface area (Å²) >= 11 is 0. The maximum absolute atomic E-state index is 12.7. The molecule has 0 saturated carbocycles. The lowest BCUT2D eigenvalue weighted by molar-refractivity contribution is -0.130. The molecule has 3 N–H and O–H groups in total. The molecular weight excluding hydrogens is 356 g/mol. The van der Waals surface area contributed by atoms with Gasteiger partial charge >= 0.3 is 0 Å². The van der Waals surface area contributed by atoms with Crippen molar-refractivity contribution in [3.05, 3.63) is 29.8 Å². The highest BCUT2D eigenvalue weighted by atomic mass is 35.5. The third kappa shape index (κ3) is 6.85. The van der Waals surface area contributed by atoms with Gasteiger partial charge in [-0.05, 0) is 44.4 Å². The lowest BCUT2D eigenvalue weighted by Gasteiger charge is -2.34. The van der Waals surface area contributed by atoms with Crippen molar-refractivity contribution in [3.8, 4) is 0 Å². The van der Waals surface area contributed by atoms with Gasteiger partial charge < -0.3 is 25.3 Å². The summed E-state index contributed by atoms with van der Waals surface area (Å²) in [5.74, 6) is -0.0262. The smallest absolute Gasteiger partial charge is 0.232 e. The number of amides is 1. The predicted octanol–water partition coefficient (Wildman–Crippen LogP) is 2.74. The third-order valence-corrected chi connectivity index (χ3v) is 4.45. The number of carbonyl (C=O) groups is 1. The standard InChI is InChI=1S/C19H30N2O4.ClH/c1-15(2)25-11-10-24-13-16-4-3-5-17(12-16)21-18(22)19(14-20)6-8-23-9-7-19;/h3-5,12,15H,6-11,13-14,20H2,1-2H3,(H,21,22);1H. The van der Waals surface area contributed by atoms with Gasteiger partial charge in [-0.3, -0.25) is 4.79 Å². The van der Waals surface area contributed by atoms with Crippen LogP contribution in [0.15, 0.2) is 24.3 Å². The number of hydrogen-bond acceptors (Lipinski definition) is 5. The van der Waals surface area contributed by atoms with E-state index in [1.165, 1.54) is 0 Å². The highest BCUT2D eigenvalue weighted by molar-refractivity contribution is 5.95. The van der Waals surface area contributed by atoms with Gasteiger partial charge in [-0.15, -0.1) is 12.4 Å². The van der Waals surface area contributed by atoms with Crippen LogP contribution in [0, 0.1) is 5.41 Å². The van der Waals surface area contributed by atoms with Crippen molar-refractivity contribution in [1.82, 2.24) is 0 Å². The van der Waals surface area contributed by atoms with Gasteiger partial charge in [-0.25, -0.2) is 0 Å². The van der Waals surface area contributed by atoms with Crippen molar-refractivity contribution >= 4 is 24.0 Å². The first-order valence-electron chi connectivity index (χ1n) is 8.93. The largest absolute Gasteiger partial charge is 0.381 e. The Hall–Kier alpha value is -1.18. The van der Waals surface area contributed by atoms with Gasteiger partial charge in [0.15, 0.2) is 0 Å². The summed E-state index contributed by atoms with van der Waals surface area (Å²) in [5.41, 5.74) is 7.14. The third-order valence-electron chi connectivity index (χ3n) is 4.45. The zero-order valence-corrected chi connectivity index (χ0v) is 16.5. The van der Waals surface area contributed by atoms with Crippen LogP contribution in [0.2, 0.25) is 0 Å². The molecule has 1 aromatic rings. The lowest BCUT2D eigenvalue weighted by atomic mass is 9.79. The molecule has 0 aromatic heterocycles. The van der Waals surface area contributed by atoms with Crippen LogP contribution in [0.5, 0.6) is 0 Å². The van der Waals surface area contributed by atoms with Crippen LogP contribution in [0.3, 0.4) is 0 Å². The molecule has 0 spiro atoms. The molecule has 2 rings (SSSR count). The van der Waals surface area contributed by atoms with Crippen LogP contribution < -0.4 is 11.1 Å². The minimum absolute atomic E-state index is 0. The van der Waals surface area contributed by atoms with Crippen LogP contribution in [-0.2, 0) is 25.6 Å². The van der Waals surface area contributed by atoms with Crippen molar-refractivity contribution in [2.24, 2.45) is 11.1 Å².